The number of carbonyl (C=O) groups excluding carboxylic acids is 5. The fourth-order valence-corrected chi connectivity index (χ4v) is 4.16. The molecule has 0 bridgehead atoms. The lowest BCUT2D eigenvalue weighted by atomic mass is 10.1. The standard InChI is InChI=1S/C27H41N5O7.2C2H6/c1-29-25(35)22(11-7-14-33)32-26(36)20-9-6-10-21(24(20)27(32)37)31-19-23(34)30-13-4-2-3-5-15-38-17-18-39-16-8-12-28;2*1-2/h6,9-10,14,22,31H,2-5,7-8,11-13,15-19,28H2,1H3,(H,29,35)(H,30,34);2*1-2H3. The second-order valence-corrected chi connectivity index (χ2v) is 9.07. The van der Waals surface area contributed by atoms with E-state index in [-0.39, 0.29) is 36.4 Å². The molecule has 0 radical (unpaired) electrons. The van der Waals surface area contributed by atoms with Gasteiger partial charge in [-0.1, -0.05) is 46.6 Å². The molecule has 0 saturated carbocycles. The Morgan fingerprint density at radius 3 is 2.21 bits per heavy atom. The Morgan fingerprint density at radius 2 is 1.58 bits per heavy atom. The van der Waals surface area contributed by atoms with Gasteiger partial charge in [-0.15, -0.1) is 0 Å². The molecule has 0 saturated heterocycles. The summed E-state index contributed by atoms with van der Waals surface area (Å²) in [5.74, 6) is -2.02. The highest BCUT2D eigenvalue weighted by atomic mass is 16.5. The smallest absolute Gasteiger partial charge is 0.264 e. The van der Waals surface area contributed by atoms with Gasteiger partial charge in [0.25, 0.3) is 11.8 Å². The molecule has 2 rings (SSSR count). The number of hydrogen-bond acceptors (Lipinski definition) is 9. The number of likely N-dealkylation sites (N-methyl/N-ethyl adjacent to an activating group) is 1. The summed E-state index contributed by atoms with van der Waals surface area (Å²) in [7, 11) is 1.40. The van der Waals surface area contributed by atoms with Crippen molar-refractivity contribution in [3.63, 3.8) is 0 Å². The summed E-state index contributed by atoms with van der Waals surface area (Å²) in [5.41, 5.74) is 5.99. The lowest BCUT2D eigenvalue weighted by Crippen LogP contribution is -2.48. The third-order valence-corrected chi connectivity index (χ3v) is 6.21. The predicted octanol–water partition coefficient (Wildman–Crippen LogP) is 2.90. The number of ether oxygens (including phenoxy) is 2. The Kier molecular flexibility index (Phi) is 23.2. The van der Waals surface area contributed by atoms with Crippen LogP contribution >= 0.6 is 0 Å². The molecule has 0 fully saturated rings. The van der Waals surface area contributed by atoms with E-state index in [1.54, 1.807) is 12.1 Å². The molecule has 1 unspecified atom stereocenters. The molecule has 0 aromatic heterocycles. The van der Waals surface area contributed by atoms with Gasteiger partial charge in [-0.25, -0.2) is 0 Å². The Morgan fingerprint density at radius 1 is 0.930 bits per heavy atom. The molecule has 1 aromatic rings. The highest BCUT2D eigenvalue weighted by Gasteiger charge is 2.43. The number of unbranched alkanes of at least 4 members (excludes halogenated alkanes) is 3. The number of carbonyl (C=O) groups is 5. The van der Waals surface area contributed by atoms with E-state index in [1.165, 1.54) is 13.1 Å². The SMILES string of the molecule is CC.CC.CNC(=O)C(CCC=O)N1C(=O)c2cccc(NCC(=O)NCCCCCCOCCOCCCN)c2C1=O. The Hall–Kier alpha value is -3.35. The van der Waals surface area contributed by atoms with Crippen molar-refractivity contribution in [2.45, 2.75) is 78.7 Å². The highest BCUT2D eigenvalue weighted by molar-refractivity contribution is 6.25. The van der Waals surface area contributed by atoms with Gasteiger partial charge in [-0.3, -0.25) is 24.1 Å². The Labute approximate surface area is 256 Å². The number of nitrogens with two attached hydrogens (primary N) is 1. The van der Waals surface area contributed by atoms with Gasteiger partial charge in [0.05, 0.1) is 30.9 Å². The van der Waals surface area contributed by atoms with Crippen LogP contribution < -0.4 is 21.7 Å². The zero-order valence-corrected chi connectivity index (χ0v) is 26.7. The van der Waals surface area contributed by atoms with Crippen molar-refractivity contribution in [2.75, 3.05) is 58.4 Å². The number of rotatable bonds is 21. The van der Waals surface area contributed by atoms with E-state index in [0.29, 0.717) is 51.5 Å². The van der Waals surface area contributed by atoms with Crippen LogP contribution in [0.2, 0.25) is 0 Å². The summed E-state index contributed by atoms with van der Waals surface area (Å²) in [4.78, 5) is 62.6. The number of nitrogens with zero attached hydrogens (tertiary/aromatic N) is 1. The molecule has 1 heterocycles. The van der Waals surface area contributed by atoms with E-state index in [0.717, 1.165) is 37.0 Å². The second kappa shape index (κ2) is 25.2. The van der Waals surface area contributed by atoms with Gasteiger partial charge in [0.15, 0.2) is 0 Å². The lowest BCUT2D eigenvalue weighted by Gasteiger charge is -2.24. The largest absolute Gasteiger partial charge is 0.379 e. The molecule has 1 atom stereocenters. The van der Waals surface area contributed by atoms with Gasteiger partial charge in [0, 0.05) is 38.9 Å². The van der Waals surface area contributed by atoms with Gasteiger partial charge < -0.3 is 36.0 Å². The zero-order chi connectivity index (χ0) is 32.5. The number of amides is 4. The molecule has 12 heteroatoms. The van der Waals surface area contributed by atoms with Crippen LogP contribution in [0.4, 0.5) is 5.69 Å². The Balaban J connectivity index is 0.00000422. The summed E-state index contributed by atoms with van der Waals surface area (Å²) < 4.78 is 10.9. The van der Waals surface area contributed by atoms with E-state index in [2.05, 4.69) is 16.0 Å². The van der Waals surface area contributed by atoms with Crippen molar-refractivity contribution in [1.82, 2.24) is 15.5 Å². The zero-order valence-electron chi connectivity index (χ0n) is 26.7. The van der Waals surface area contributed by atoms with Crippen molar-refractivity contribution >= 4 is 35.6 Å². The van der Waals surface area contributed by atoms with Crippen LogP contribution in [0.1, 0.15) is 93.4 Å². The van der Waals surface area contributed by atoms with Gasteiger partial charge in [0.2, 0.25) is 11.8 Å². The molecule has 43 heavy (non-hydrogen) atoms. The molecule has 1 aliphatic heterocycles. The first-order valence-electron chi connectivity index (χ1n) is 15.5. The van der Waals surface area contributed by atoms with E-state index >= 15 is 0 Å². The predicted molar refractivity (Wildman–Crippen MR) is 168 cm³/mol. The number of fused-ring (bicyclic) bond motifs is 1. The summed E-state index contributed by atoms with van der Waals surface area (Å²) in [6.07, 6.45) is 5.26. The van der Waals surface area contributed by atoms with Crippen molar-refractivity contribution in [3.8, 4) is 0 Å². The van der Waals surface area contributed by atoms with Crippen LogP contribution in [0.15, 0.2) is 18.2 Å². The molecule has 0 aliphatic carbocycles. The molecule has 5 N–H and O–H groups in total. The second-order valence-electron chi connectivity index (χ2n) is 9.07. The first-order chi connectivity index (χ1) is 21.0. The third kappa shape index (κ3) is 14.1. The molecule has 0 spiro atoms. The topological polar surface area (TPSA) is 169 Å². The summed E-state index contributed by atoms with van der Waals surface area (Å²) in [5, 5.41) is 8.22. The fraction of sp³-hybridized carbons (Fsp3) is 0.645. The number of aldehydes is 1. The van der Waals surface area contributed by atoms with Crippen LogP contribution in [0.5, 0.6) is 0 Å². The van der Waals surface area contributed by atoms with Gasteiger partial charge in [0.1, 0.15) is 12.3 Å². The Bertz CT molecular complexity index is 974. The molecule has 1 aromatic carbocycles. The number of imide groups is 1. The quantitative estimate of drug-likeness (QED) is 0.0932. The van der Waals surface area contributed by atoms with Crippen LogP contribution in [-0.4, -0.2) is 94.0 Å². The first-order valence-corrected chi connectivity index (χ1v) is 15.5. The minimum absolute atomic E-state index is 0.0238. The first kappa shape index (κ1) is 39.6. The van der Waals surface area contributed by atoms with E-state index in [1.807, 2.05) is 27.7 Å². The molecule has 4 amide bonds. The number of benzene rings is 1. The van der Waals surface area contributed by atoms with Crippen molar-refractivity contribution < 1.29 is 33.4 Å². The molecule has 12 nitrogen and oxygen atoms in total. The van der Waals surface area contributed by atoms with E-state index < -0.39 is 23.8 Å². The molecule has 1 aliphatic rings. The highest BCUT2D eigenvalue weighted by Crippen LogP contribution is 2.31. The minimum atomic E-state index is -1.10. The van der Waals surface area contributed by atoms with E-state index in [9.17, 15) is 24.0 Å². The van der Waals surface area contributed by atoms with Crippen molar-refractivity contribution in [2.24, 2.45) is 5.73 Å². The molecular weight excluding hydrogens is 554 g/mol. The molecular formula is C31H53N5O7. The van der Waals surface area contributed by atoms with Crippen LogP contribution in [-0.2, 0) is 23.9 Å². The maximum Gasteiger partial charge on any atom is 0.264 e. The maximum absolute atomic E-state index is 13.2. The number of anilines is 1. The van der Waals surface area contributed by atoms with Gasteiger partial charge in [-0.2, -0.15) is 0 Å². The van der Waals surface area contributed by atoms with Crippen LogP contribution in [0.25, 0.3) is 0 Å². The van der Waals surface area contributed by atoms with Crippen molar-refractivity contribution in [3.05, 3.63) is 29.3 Å². The number of nitrogens with one attached hydrogen (secondary N) is 3. The summed E-state index contributed by atoms with van der Waals surface area (Å²) in [6, 6.07) is 3.61. The van der Waals surface area contributed by atoms with Crippen molar-refractivity contribution in [1.29, 1.82) is 0 Å². The van der Waals surface area contributed by atoms with Crippen LogP contribution in [0, 0.1) is 0 Å². The van der Waals surface area contributed by atoms with Gasteiger partial charge >= 0.3 is 0 Å². The fourth-order valence-electron chi connectivity index (χ4n) is 4.16. The minimum Gasteiger partial charge on any atom is -0.379 e. The third-order valence-electron chi connectivity index (χ3n) is 6.21. The average Bonchev–Trinajstić information content (AvgIpc) is 3.30. The monoisotopic (exact) mass is 607 g/mol. The summed E-state index contributed by atoms with van der Waals surface area (Å²) in [6.45, 7) is 11.6. The average molecular weight is 608 g/mol. The van der Waals surface area contributed by atoms with Gasteiger partial charge in [-0.05, 0) is 44.4 Å². The van der Waals surface area contributed by atoms with Crippen LogP contribution in [0.3, 0.4) is 0 Å². The number of hydrogen-bond donors (Lipinski definition) is 4. The maximum atomic E-state index is 13.2. The normalized spacial score (nSPS) is 12.3. The molecule has 244 valence electrons. The van der Waals surface area contributed by atoms with E-state index in [4.69, 9.17) is 15.2 Å². The lowest BCUT2D eigenvalue weighted by molar-refractivity contribution is -0.125. The summed E-state index contributed by atoms with van der Waals surface area (Å²) >= 11 is 0.